The average Bonchev–Trinajstić information content (AvgIpc) is 2.71. The molecule has 1 fully saturated rings. The Morgan fingerprint density at radius 1 is 0.731 bits per heavy atom. The quantitative estimate of drug-likeness (QED) is 0.664. The Balaban J connectivity index is 1.50. The van der Waals surface area contributed by atoms with Gasteiger partial charge in [0.15, 0.2) is 0 Å². The molecule has 1 aliphatic rings. The molecule has 2 unspecified atom stereocenters. The molecule has 0 aromatic heterocycles. The molecule has 0 radical (unpaired) electrons. The summed E-state index contributed by atoms with van der Waals surface area (Å²) in [4.78, 5) is 2.16. The molecule has 132 valence electrons. The van der Waals surface area contributed by atoms with E-state index >= 15 is 0 Å². The van der Waals surface area contributed by atoms with E-state index < -0.39 is 6.23 Å². The van der Waals surface area contributed by atoms with Crippen LogP contribution in [-0.4, -0.2) is 11.3 Å². The molecule has 0 amide bonds. The second-order valence-corrected chi connectivity index (χ2v) is 7.05. The van der Waals surface area contributed by atoms with Crippen LogP contribution in [0.1, 0.15) is 30.0 Å². The van der Waals surface area contributed by atoms with E-state index in [9.17, 15) is 5.11 Å². The number of aliphatic hydroxyl groups excluding tert-OH is 1. The van der Waals surface area contributed by atoms with Crippen molar-refractivity contribution in [2.24, 2.45) is 5.92 Å². The maximum atomic E-state index is 10.9. The smallest absolute Gasteiger partial charge is 0.132 e. The van der Waals surface area contributed by atoms with Crippen LogP contribution in [0.25, 0.3) is 0 Å². The number of para-hydroxylation sites is 1. The molecule has 3 aromatic rings. The SMILES string of the molecule is OC1[C@H](CCCc2ccccc2)C(c2ccccc2)N1c1ccccc1. The summed E-state index contributed by atoms with van der Waals surface area (Å²) in [7, 11) is 0. The van der Waals surface area contributed by atoms with E-state index in [1.165, 1.54) is 11.1 Å². The molecule has 4 rings (SSSR count). The molecular weight excluding hydrogens is 318 g/mol. The highest BCUT2D eigenvalue weighted by atomic mass is 16.3. The molecule has 1 aliphatic heterocycles. The van der Waals surface area contributed by atoms with Crippen molar-refractivity contribution in [2.45, 2.75) is 31.5 Å². The van der Waals surface area contributed by atoms with Gasteiger partial charge in [-0.2, -0.15) is 0 Å². The molecular formula is C24H25NO. The van der Waals surface area contributed by atoms with E-state index in [0.717, 1.165) is 24.9 Å². The fraction of sp³-hybridized carbons (Fsp3) is 0.250. The van der Waals surface area contributed by atoms with Gasteiger partial charge in [-0.05, 0) is 42.5 Å². The Labute approximate surface area is 155 Å². The van der Waals surface area contributed by atoms with Gasteiger partial charge in [-0.25, -0.2) is 0 Å². The van der Waals surface area contributed by atoms with E-state index in [1.54, 1.807) is 0 Å². The molecule has 26 heavy (non-hydrogen) atoms. The largest absolute Gasteiger partial charge is 0.373 e. The summed E-state index contributed by atoms with van der Waals surface area (Å²) in [5.74, 6) is 0.265. The van der Waals surface area contributed by atoms with E-state index in [1.807, 2.05) is 18.2 Å². The lowest BCUT2D eigenvalue weighted by Gasteiger charge is -2.54. The zero-order valence-electron chi connectivity index (χ0n) is 14.9. The lowest BCUT2D eigenvalue weighted by atomic mass is 9.77. The topological polar surface area (TPSA) is 23.5 Å². The van der Waals surface area contributed by atoms with Crippen LogP contribution in [0.3, 0.4) is 0 Å². The summed E-state index contributed by atoms with van der Waals surface area (Å²) in [5, 5.41) is 10.9. The van der Waals surface area contributed by atoms with Crippen LogP contribution in [0.15, 0.2) is 91.0 Å². The Kier molecular flexibility index (Phi) is 5.03. The number of nitrogens with zero attached hydrogens (tertiary/aromatic N) is 1. The first-order chi connectivity index (χ1) is 12.8. The predicted octanol–water partition coefficient (Wildman–Crippen LogP) is 5.21. The van der Waals surface area contributed by atoms with Crippen molar-refractivity contribution in [1.29, 1.82) is 0 Å². The van der Waals surface area contributed by atoms with Crippen LogP contribution in [-0.2, 0) is 6.42 Å². The van der Waals surface area contributed by atoms with Gasteiger partial charge in [0.25, 0.3) is 0 Å². The molecule has 0 spiro atoms. The number of aliphatic hydroxyl groups is 1. The molecule has 2 heteroatoms. The van der Waals surface area contributed by atoms with E-state index in [4.69, 9.17) is 0 Å². The molecule has 1 saturated heterocycles. The van der Waals surface area contributed by atoms with Crippen LogP contribution < -0.4 is 4.90 Å². The fourth-order valence-corrected chi connectivity index (χ4v) is 4.10. The van der Waals surface area contributed by atoms with Crippen molar-refractivity contribution in [1.82, 2.24) is 0 Å². The van der Waals surface area contributed by atoms with Crippen molar-refractivity contribution in [3.05, 3.63) is 102 Å². The maximum Gasteiger partial charge on any atom is 0.132 e. The molecule has 1 N–H and O–H groups in total. The fourth-order valence-electron chi connectivity index (χ4n) is 4.10. The molecule has 1 heterocycles. The summed E-state index contributed by atoms with van der Waals surface area (Å²) in [6.07, 6.45) is 2.77. The lowest BCUT2D eigenvalue weighted by Crippen LogP contribution is -2.58. The molecule has 3 atom stereocenters. The monoisotopic (exact) mass is 343 g/mol. The molecule has 2 nitrogen and oxygen atoms in total. The summed E-state index contributed by atoms with van der Waals surface area (Å²) in [6, 6.07) is 31.7. The van der Waals surface area contributed by atoms with Crippen LogP contribution >= 0.6 is 0 Å². The van der Waals surface area contributed by atoms with E-state index in [0.29, 0.717) is 0 Å². The van der Waals surface area contributed by atoms with Crippen LogP contribution in [0.4, 0.5) is 5.69 Å². The number of aryl methyl sites for hydroxylation is 1. The van der Waals surface area contributed by atoms with Crippen molar-refractivity contribution < 1.29 is 5.11 Å². The Hall–Kier alpha value is -2.58. The standard InChI is InChI=1S/C24H25NO/c26-24-22(18-10-13-19-11-4-1-5-12-19)23(20-14-6-2-7-15-20)25(24)21-16-8-3-9-17-21/h1-9,11-12,14-17,22-24,26H,10,13,18H2/t22-,23?,24?/m1/s1. The number of rotatable bonds is 6. The normalized spacial score (nSPS) is 22.0. The van der Waals surface area contributed by atoms with E-state index in [-0.39, 0.29) is 12.0 Å². The third-order valence-corrected chi connectivity index (χ3v) is 5.41. The molecule has 3 aromatic carbocycles. The summed E-state index contributed by atoms with van der Waals surface area (Å²) in [6.45, 7) is 0. The van der Waals surface area contributed by atoms with E-state index in [2.05, 4.69) is 77.7 Å². The summed E-state index contributed by atoms with van der Waals surface area (Å²) in [5.41, 5.74) is 3.75. The molecule has 0 aliphatic carbocycles. The van der Waals surface area contributed by atoms with Crippen molar-refractivity contribution >= 4 is 5.69 Å². The van der Waals surface area contributed by atoms with Gasteiger partial charge >= 0.3 is 0 Å². The van der Waals surface area contributed by atoms with Gasteiger partial charge in [-0.15, -0.1) is 0 Å². The highest BCUT2D eigenvalue weighted by Crippen LogP contribution is 2.48. The third kappa shape index (κ3) is 3.38. The molecule has 0 bridgehead atoms. The minimum atomic E-state index is -0.418. The van der Waals surface area contributed by atoms with Gasteiger partial charge < -0.3 is 10.0 Å². The minimum Gasteiger partial charge on any atom is -0.373 e. The highest BCUT2D eigenvalue weighted by Gasteiger charge is 2.47. The first kappa shape index (κ1) is 16.9. The molecule has 0 saturated carbocycles. The first-order valence-corrected chi connectivity index (χ1v) is 9.45. The minimum absolute atomic E-state index is 0.240. The number of anilines is 1. The number of hydrogen-bond donors (Lipinski definition) is 1. The first-order valence-electron chi connectivity index (χ1n) is 9.45. The second kappa shape index (κ2) is 7.76. The van der Waals surface area contributed by atoms with Gasteiger partial charge in [0.05, 0.1) is 6.04 Å². The van der Waals surface area contributed by atoms with Crippen LogP contribution in [0, 0.1) is 5.92 Å². The van der Waals surface area contributed by atoms with Crippen LogP contribution in [0.5, 0.6) is 0 Å². The number of hydrogen-bond acceptors (Lipinski definition) is 2. The Morgan fingerprint density at radius 2 is 1.31 bits per heavy atom. The van der Waals surface area contributed by atoms with Gasteiger partial charge in [0, 0.05) is 11.6 Å². The zero-order valence-corrected chi connectivity index (χ0v) is 14.9. The average molecular weight is 343 g/mol. The second-order valence-electron chi connectivity index (χ2n) is 7.05. The Morgan fingerprint density at radius 3 is 1.96 bits per heavy atom. The van der Waals surface area contributed by atoms with Gasteiger partial charge in [-0.1, -0.05) is 78.9 Å². The van der Waals surface area contributed by atoms with Crippen molar-refractivity contribution in [3.8, 4) is 0 Å². The maximum absolute atomic E-state index is 10.9. The number of benzene rings is 3. The summed E-state index contributed by atoms with van der Waals surface area (Å²) >= 11 is 0. The lowest BCUT2D eigenvalue weighted by molar-refractivity contribution is -0.000164. The van der Waals surface area contributed by atoms with Crippen LogP contribution in [0.2, 0.25) is 0 Å². The van der Waals surface area contributed by atoms with Gasteiger partial charge in [0.2, 0.25) is 0 Å². The predicted molar refractivity (Wildman–Crippen MR) is 107 cm³/mol. The van der Waals surface area contributed by atoms with Crippen molar-refractivity contribution in [2.75, 3.05) is 4.90 Å². The van der Waals surface area contributed by atoms with Gasteiger partial charge in [-0.3, -0.25) is 0 Å². The van der Waals surface area contributed by atoms with Crippen molar-refractivity contribution in [3.63, 3.8) is 0 Å². The van der Waals surface area contributed by atoms with Gasteiger partial charge in [0.1, 0.15) is 6.23 Å². The Bertz CT molecular complexity index is 803. The zero-order chi connectivity index (χ0) is 17.8. The summed E-state index contributed by atoms with van der Waals surface area (Å²) < 4.78 is 0. The highest BCUT2D eigenvalue weighted by molar-refractivity contribution is 5.53. The third-order valence-electron chi connectivity index (χ3n) is 5.41.